The van der Waals surface area contributed by atoms with Gasteiger partial charge in [0, 0.05) is 25.2 Å². The second-order valence-corrected chi connectivity index (χ2v) is 4.36. The Balaban J connectivity index is 2.04. The lowest BCUT2D eigenvalue weighted by Crippen LogP contribution is -2.48. The highest BCUT2D eigenvalue weighted by molar-refractivity contribution is 5.84. The van der Waals surface area contributed by atoms with Crippen molar-refractivity contribution in [3.8, 4) is 0 Å². The summed E-state index contributed by atoms with van der Waals surface area (Å²) in [5.41, 5.74) is 5.75. The molecule has 0 bridgehead atoms. The number of amidine groups is 1. The largest absolute Gasteiger partial charge is 0.409 e. The van der Waals surface area contributed by atoms with E-state index in [1.807, 2.05) is 4.90 Å². The normalized spacial score (nSPS) is 21.6. The van der Waals surface area contributed by atoms with E-state index in [9.17, 15) is 8.78 Å². The first-order valence-corrected chi connectivity index (χ1v) is 5.85. The average Bonchev–Trinajstić information content (AvgIpc) is 2.42. The summed E-state index contributed by atoms with van der Waals surface area (Å²) in [5, 5.41) is 11.5. The molecule has 1 aromatic carbocycles. The van der Waals surface area contributed by atoms with Crippen LogP contribution in [0.5, 0.6) is 0 Å². The average molecular weight is 271 g/mol. The van der Waals surface area contributed by atoms with E-state index in [-0.39, 0.29) is 17.9 Å². The zero-order valence-electron chi connectivity index (χ0n) is 10.2. The van der Waals surface area contributed by atoms with E-state index >= 15 is 0 Å². The van der Waals surface area contributed by atoms with E-state index in [1.165, 1.54) is 6.07 Å². The molecule has 0 spiro atoms. The molecule has 1 aliphatic heterocycles. The first-order valence-electron chi connectivity index (χ1n) is 5.85. The number of nitrogens with two attached hydrogens (primary N) is 1. The van der Waals surface area contributed by atoms with Crippen LogP contribution in [-0.2, 0) is 11.3 Å². The number of rotatable bonds is 3. The molecule has 2 rings (SSSR count). The van der Waals surface area contributed by atoms with Gasteiger partial charge in [0.1, 0.15) is 17.7 Å². The van der Waals surface area contributed by atoms with Gasteiger partial charge < -0.3 is 15.7 Å². The summed E-state index contributed by atoms with van der Waals surface area (Å²) in [5.74, 6) is -0.949. The third kappa shape index (κ3) is 3.39. The maximum absolute atomic E-state index is 13.5. The SMILES string of the molecule is NC(=NO)C1CN(Cc2cc(F)ccc2F)CCO1. The molecule has 0 aliphatic carbocycles. The Hall–Kier alpha value is -1.73. The number of halogens is 2. The molecule has 104 valence electrons. The summed E-state index contributed by atoms with van der Waals surface area (Å²) in [7, 11) is 0. The third-order valence-corrected chi connectivity index (χ3v) is 3.00. The van der Waals surface area contributed by atoms with E-state index in [4.69, 9.17) is 15.7 Å². The number of nitrogens with zero attached hydrogens (tertiary/aromatic N) is 2. The Morgan fingerprint density at radius 3 is 3.05 bits per heavy atom. The van der Waals surface area contributed by atoms with Gasteiger partial charge in [-0.15, -0.1) is 0 Å². The highest BCUT2D eigenvalue weighted by Crippen LogP contribution is 2.15. The summed E-state index contributed by atoms with van der Waals surface area (Å²) >= 11 is 0. The summed E-state index contributed by atoms with van der Waals surface area (Å²) in [6, 6.07) is 3.35. The van der Waals surface area contributed by atoms with Gasteiger partial charge >= 0.3 is 0 Å². The van der Waals surface area contributed by atoms with Gasteiger partial charge in [-0.2, -0.15) is 0 Å². The zero-order valence-corrected chi connectivity index (χ0v) is 10.2. The quantitative estimate of drug-likeness (QED) is 0.371. The van der Waals surface area contributed by atoms with Crippen molar-refractivity contribution in [2.75, 3.05) is 19.7 Å². The van der Waals surface area contributed by atoms with Crippen LogP contribution < -0.4 is 5.73 Å². The van der Waals surface area contributed by atoms with Crippen molar-refractivity contribution in [2.45, 2.75) is 12.6 Å². The third-order valence-electron chi connectivity index (χ3n) is 3.00. The number of hydrogen-bond donors (Lipinski definition) is 2. The van der Waals surface area contributed by atoms with Gasteiger partial charge in [-0.1, -0.05) is 5.16 Å². The van der Waals surface area contributed by atoms with Gasteiger partial charge in [0.05, 0.1) is 6.61 Å². The first-order chi connectivity index (χ1) is 9.10. The van der Waals surface area contributed by atoms with Crippen LogP contribution in [0.25, 0.3) is 0 Å². The van der Waals surface area contributed by atoms with Crippen molar-refractivity contribution in [1.29, 1.82) is 0 Å². The number of benzene rings is 1. The minimum absolute atomic E-state index is 0.0237. The predicted molar refractivity (Wildman–Crippen MR) is 64.8 cm³/mol. The molecule has 1 unspecified atom stereocenters. The van der Waals surface area contributed by atoms with Crippen molar-refractivity contribution >= 4 is 5.84 Å². The molecule has 0 amide bonds. The Kier molecular flexibility index (Phi) is 4.28. The van der Waals surface area contributed by atoms with Gasteiger partial charge in [0.2, 0.25) is 0 Å². The van der Waals surface area contributed by atoms with Gasteiger partial charge in [0.25, 0.3) is 0 Å². The molecule has 7 heteroatoms. The molecule has 1 heterocycles. The van der Waals surface area contributed by atoms with Crippen molar-refractivity contribution < 1.29 is 18.7 Å². The number of oxime groups is 1. The minimum atomic E-state index is -0.532. The summed E-state index contributed by atoms with van der Waals surface area (Å²) in [6.07, 6.45) is -0.532. The lowest BCUT2D eigenvalue weighted by Gasteiger charge is -2.32. The Morgan fingerprint density at radius 2 is 2.32 bits per heavy atom. The summed E-state index contributed by atoms with van der Waals surface area (Å²) in [6.45, 7) is 1.58. The molecule has 1 aromatic rings. The van der Waals surface area contributed by atoms with E-state index in [0.717, 1.165) is 12.1 Å². The number of morpholine rings is 1. The van der Waals surface area contributed by atoms with Crippen molar-refractivity contribution in [3.05, 3.63) is 35.4 Å². The highest BCUT2D eigenvalue weighted by atomic mass is 19.1. The molecule has 0 saturated carbocycles. The fraction of sp³-hybridized carbons (Fsp3) is 0.417. The van der Waals surface area contributed by atoms with E-state index in [2.05, 4.69) is 5.16 Å². The van der Waals surface area contributed by atoms with Gasteiger partial charge in [-0.05, 0) is 18.2 Å². The Labute approximate surface area is 109 Å². The van der Waals surface area contributed by atoms with Crippen LogP contribution in [-0.4, -0.2) is 41.7 Å². The molecule has 3 N–H and O–H groups in total. The minimum Gasteiger partial charge on any atom is -0.409 e. The maximum atomic E-state index is 13.5. The van der Waals surface area contributed by atoms with Crippen LogP contribution in [0.2, 0.25) is 0 Å². The molecular weight excluding hydrogens is 256 g/mol. The van der Waals surface area contributed by atoms with Crippen molar-refractivity contribution in [3.63, 3.8) is 0 Å². The molecule has 5 nitrogen and oxygen atoms in total. The lowest BCUT2D eigenvalue weighted by molar-refractivity contribution is 0.00103. The Bertz CT molecular complexity index is 482. The lowest BCUT2D eigenvalue weighted by atomic mass is 10.1. The second kappa shape index (κ2) is 5.94. The molecule has 1 aliphatic rings. The van der Waals surface area contributed by atoms with E-state index in [1.54, 1.807) is 0 Å². The summed E-state index contributed by atoms with van der Waals surface area (Å²) < 4.78 is 31.9. The topological polar surface area (TPSA) is 71.1 Å². The second-order valence-electron chi connectivity index (χ2n) is 4.36. The molecule has 1 atom stereocenters. The van der Waals surface area contributed by atoms with Gasteiger partial charge in [-0.3, -0.25) is 4.90 Å². The molecular formula is C12H15F2N3O2. The maximum Gasteiger partial charge on any atom is 0.169 e. The van der Waals surface area contributed by atoms with Crippen molar-refractivity contribution in [2.24, 2.45) is 10.9 Å². The standard InChI is InChI=1S/C12H15F2N3O2/c13-9-1-2-10(14)8(5-9)6-17-3-4-19-11(7-17)12(15)16-18/h1-2,5,11,18H,3-4,6-7H2,(H2,15,16). The summed E-state index contributed by atoms with van der Waals surface area (Å²) in [4.78, 5) is 1.87. The molecule has 1 saturated heterocycles. The van der Waals surface area contributed by atoms with E-state index in [0.29, 0.717) is 19.7 Å². The number of hydrogen-bond acceptors (Lipinski definition) is 4. The molecule has 1 fully saturated rings. The zero-order chi connectivity index (χ0) is 13.8. The fourth-order valence-corrected chi connectivity index (χ4v) is 1.99. The first kappa shape index (κ1) is 13.7. The Morgan fingerprint density at radius 1 is 1.53 bits per heavy atom. The molecule has 19 heavy (non-hydrogen) atoms. The molecule has 0 aromatic heterocycles. The van der Waals surface area contributed by atoms with E-state index < -0.39 is 17.7 Å². The van der Waals surface area contributed by atoms with Crippen LogP contribution in [0, 0.1) is 11.6 Å². The van der Waals surface area contributed by atoms with Crippen molar-refractivity contribution in [1.82, 2.24) is 4.90 Å². The number of ether oxygens (including phenoxy) is 1. The van der Waals surface area contributed by atoms with Crippen LogP contribution in [0.1, 0.15) is 5.56 Å². The van der Waals surface area contributed by atoms with Gasteiger partial charge in [0.15, 0.2) is 5.84 Å². The molecule has 0 radical (unpaired) electrons. The smallest absolute Gasteiger partial charge is 0.169 e. The fourth-order valence-electron chi connectivity index (χ4n) is 1.99. The van der Waals surface area contributed by atoms with Crippen LogP contribution >= 0.6 is 0 Å². The van der Waals surface area contributed by atoms with Crippen LogP contribution in [0.4, 0.5) is 8.78 Å². The highest BCUT2D eigenvalue weighted by Gasteiger charge is 2.24. The monoisotopic (exact) mass is 271 g/mol. The van der Waals surface area contributed by atoms with Gasteiger partial charge in [-0.25, -0.2) is 8.78 Å². The van der Waals surface area contributed by atoms with Crippen LogP contribution in [0.15, 0.2) is 23.4 Å². The predicted octanol–water partition coefficient (Wildman–Crippen LogP) is 0.912. The van der Waals surface area contributed by atoms with Crippen LogP contribution in [0.3, 0.4) is 0 Å².